The standard InChI is InChI=1S/C21H21N7O.C5H12.C4H7F.C2H6/c1-3-23-10-16-7-15-5-4-14(6-19(15)25-16)12-28-13-21(26-27-28)18-8-17(29-2)11-24-20(18)9-22;1-3-5-4-2;1-3-4(2)5;1-2/h4-8,11,13,23,25H,3,10,12H2,1-2H3;3-5H2,1-2H3;2-3H2,1H3;1-2H3. The van der Waals surface area contributed by atoms with Gasteiger partial charge in [-0.05, 0) is 42.1 Å². The van der Waals surface area contributed by atoms with Gasteiger partial charge >= 0.3 is 0 Å². The van der Waals surface area contributed by atoms with Crippen molar-refractivity contribution in [2.24, 2.45) is 0 Å². The lowest BCUT2D eigenvalue weighted by molar-refractivity contribution is 0.413. The summed E-state index contributed by atoms with van der Waals surface area (Å²) >= 11 is 0. The minimum Gasteiger partial charge on any atom is -0.495 e. The summed E-state index contributed by atoms with van der Waals surface area (Å²) in [5.74, 6) is 0.323. The van der Waals surface area contributed by atoms with E-state index < -0.39 is 0 Å². The SMILES string of the molecule is C=C(F)CC.CC.CCCCC.CCNCc1cc2ccc(Cn3cc(-c4cc(OC)cnc4C#N)nn3)cc2[nH]1. The maximum absolute atomic E-state index is 11.2. The molecule has 222 valence electrons. The van der Waals surface area contributed by atoms with E-state index in [2.05, 4.69) is 83.3 Å². The lowest BCUT2D eigenvalue weighted by Gasteiger charge is -2.03. The molecule has 9 heteroatoms. The third-order valence-electron chi connectivity index (χ3n) is 5.76. The molecule has 0 atom stereocenters. The van der Waals surface area contributed by atoms with Crippen molar-refractivity contribution in [2.45, 2.75) is 80.3 Å². The Morgan fingerprint density at radius 3 is 2.41 bits per heavy atom. The fourth-order valence-corrected chi connectivity index (χ4v) is 3.57. The van der Waals surface area contributed by atoms with Crippen LogP contribution in [0.2, 0.25) is 0 Å². The second-order valence-electron chi connectivity index (χ2n) is 8.91. The molecule has 0 amide bonds. The number of halogens is 1. The van der Waals surface area contributed by atoms with Crippen molar-refractivity contribution in [1.82, 2.24) is 30.3 Å². The fourth-order valence-electron chi connectivity index (χ4n) is 3.57. The monoisotopic (exact) mass is 563 g/mol. The van der Waals surface area contributed by atoms with Crippen molar-refractivity contribution >= 4 is 10.9 Å². The lowest BCUT2D eigenvalue weighted by Crippen LogP contribution is -2.11. The summed E-state index contributed by atoms with van der Waals surface area (Å²) in [5, 5.41) is 22.3. The normalized spacial score (nSPS) is 9.83. The van der Waals surface area contributed by atoms with E-state index in [0.29, 0.717) is 35.7 Å². The van der Waals surface area contributed by atoms with Gasteiger partial charge < -0.3 is 15.0 Å². The predicted octanol–water partition coefficient (Wildman–Crippen LogP) is 7.96. The van der Waals surface area contributed by atoms with Gasteiger partial charge in [0.05, 0.1) is 31.9 Å². The van der Waals surface area contributed by atoms with E-state index in [-0.39, 0.29) is 5.83 Å². The van der Waals surface area contributed by atoms with Gasteiger partial charge in [0.15, 0.2) is 0 Å². The zero-order valence-electron chi connectivity index (χ0n) is 25.7. The van der Waals surface area contributed by atoms with Crippen LogP contribution >= 0.6 is 0 Å². The Hall–Kier alpha value is -4.03. The summed E-state index contributed by atoms with van der Waals surface area (Å²) in [6.07, 6.45) is 7.85. The first-order valence-electron chi connectivity index (χ1n) is 14.4. The number of aromatic amines is 1. The second kappa shape index (κ2) is 19.9. The average molecular weight is 564 g/mol. The largest absolute Gasteiger partial charge is 0.495 e. The van der Waals surface area contributed by atoms with E-state index >= 15 is 0 Å². The molecule has 8 nitrogen and oxygen atoms in total. The highest BCUT2D eigenvalue weighted by Gasteiger charge is 2.13. The van der Waals surface area contributed by atoms with Gasteiger partial charge in [0.1, 0.15) is 23.2 Å². The quantitative estimate of drug-likeness (QED) is 0.203. The number of hydrogen-bond acceptors (Lipinski definition) is 6. The predicted molar refractivity (Wildman–Crippen MR) is 166 cm³/mol. The number of benzene rings is 1. The molecule has 0 aliphatic heterocycles. The van der Waals surface area contributed by atoms with E-state index in [1.807, 2.05) is 20.0 Å². The van der Waals surface area contributed by atoms with Gasteiger partial charge in [-0.2, -0.15) is 5.26 Å². The van der Waals surface area contributed by atoms with Gasteiger partial charge in [-0.25, -0.2) is 14.1 Å². The van der Waals surface area contributed by atoms with Crippen LogP contribution in [0.1, 0.15) is 84.2 Å². The number of nitriles is 1. The molecule has 0 saturated heterocycles. The van der Waals surface area contributed by atoms with Crippen LogP contribution in [0.5, 0.6) is 5.75 Å². The molecule has 0 radical (unpaired) electrons. The minimum absolute atomic E-state index is 0.245. The third kappa shape index (κ3) is 11.9. The number of fused-ring (bicyclic) bond motifs is 1. The zero-order chi connectivity index (χ0) is 30.6. The van der Waals surface area contributed by atoms with Crippen molar-refractivity contribution in [3.8, 4) is 23.1 Å². The Balaban J connectivity index is 0.000000597. The highest BCUT2D eigenvalue weighted by atomic mass is 19.1. The van der Waals surface area contributed by atoms with Crippen molar-refractivity contribution in [3.63, 3.8) is 0 Å². The van der Waals surface area contributed by atoms with Crippen LogP contribution < -0.4 is 10.1 Å². The fraction of sp³-hybridized carbons (Fsp3) is 0.438. The molecule has 1 aromatic carbocycles. The number of unbranched alkanes of at least 4 members (excludes halogenated alkanes) is 2. The van der Waals surface area contributed by atoms with Crippen molar-refractivity contribution < 1.29 is 9.13 Å². The Labute approximate surface area is 244 Å². The van der Waals surface area contributed by atoms with Crippen LogP contribution in [-0.2, 0) is 13.1 Å². The number of nitrogens with one attached hydrogen (secondary N) is 2. The van der Waals surface area contributed by atoms with Crippen molar-refractivity contribution in [3.05, 3.63) is 72.1 Å². The molecule has 3 aromatic heterocycles. The van der Waals surface area contributed by atoms with Crippen molar-refractivity contribution in [2.75, 3.05) is 13.7 Å². The topological polar surface area (TPSA) is 104 Å². The van der Waals surface area contributed by atoms with E-state index in [1.165, 1.54) is 30.8 Å². The second-order valence-corrected chi connectivity index (χ2v) is 8.91. The number of rotatable bonds is 10. The molecular formula is C32H46FN7O. The molecular weight excluding hydrogens is 517 g/mol. The van der Waals surface area contributed by atoms with E-state index in [9.17, 15) is 9.65 Å². The van der Waals surface area contributed by atoms with Gasteiger partial charge in [-0.15, -0.1) is 5.10 Å². The number of aromatic nitrogens is 5. The van der Waals surface area contributed by atoms with Gasteiger partial charge in [0, 0.05) is 23.3 Å². The van der Waals surface area contributed by atoms with Gasteiger partial charge in [-0.1, -0.05) is 84.7 Å². The number of hydrogen-bond donors (Lipinski definition) is 2. The van der Waals surface area contributed by atoms with E-state index in [0.717, 1.165) is 29.9 Å². The van der Waals surface area contributed by atoms with Crippen LogP contribution in [0, 0.1) is 11.3 Å². The van der Waals surface area contributed by atoms with Crippen molar-refractivity contribution in [1.29, 1.82) is 5.26 Å². The van der Waals surface area contributed by atoms with Crippen LogP contribution in [0.4, 0.5) is 4.39 Å². The summed E-state index contributed by atoms with van der Waals surface area (Å²) in [5.41, 5.74) is 4.85. The summed E-state index contributed by atoms with van der Waals surface area (Å²) in [6, 6.07) is 12.3. The van der Waals surface area contributed by atoms with Gasteiger partial charge in [-0.3, -0.25) is 0 Å². The molecule has 41 heavy (non-hydrogen) atoms. The summed E-state index contributed by atoms with van der Waals surface area (Å²) in [7, 11) is 1.56. The zero-order valence-corrected chi connectivity index (χ0v) is 25.7. The number of allylic oxidation sites excluding steroid dienone is 1. The minimum atomic E-state index is -0.245. The molecule has 0 aliphatic rings. The van der Waals surface area contributed by atoms with E-state index in [4.69, 9.17) is 4.74 Å². The Kier molecular flexibility index (Phi) is 17.0. The summed E-state index contributed by atoms with van der Waals surface area (Å²) in [6.45, 7) is 17.6. The Bertz CT molecular complexity index is 1350. The molecule has 4 aromatic rings. The summed E-state index contributed by atoms with van der Waals surface area (Å²) in [4.78, 5) is 7.57. The molecule has 0 saturated carbocycles. The first kappa shape index (κ1) is 35.0. The summed E-state index contributed by atoms with van der Waals surface area (Å²) < 4.78 is 18.2. The lowest BCUT2D eigenvalue weighted by atomic mass is 10.1. The molecule has 0 fully saturated rings. The maximum Gasteiger partial charge on any atom is 0.150 e. The van der Waals surface area contributed by atoms with Gasteiger partial charge in [0.2, 0.25) is 0 Å². The van der Waals surface area contributed by atoms with Crippen LogP contribution in [0.15, 0.2) is 55.1 Å². The molecule has 4 rings (SSSR count). The smallest absolute Gasteiger partial charge is 0.150 e. The maximum atomic E-state index is 11.2. The number of nitrogens with zero attached hydrogens (tertiary/aromatic N) is 5. The molecule has 0 spiro atoms. The van der Waals surface area contributed by atoms with Gasteiger partial charge in [0.25, 0.3) is 0 Å². The molecule has 0 aliphatic carbocycles. The number of pyridine rings is 1. The van der Waals surface area contributed by atoms with Crippen LogP contribution in [0.3, 0.4) is 0 Å². The molecule has 0 unspecified atom stereocenters. The third-order valence-corrected chi connectivity index (χ3v) is 5.76. The van der Waals surface area contributed by atoms with Crippen LogP contribution in [-0.4, -0.2) is 38.6 Å². The highest BCUT2D eigenvalue weighted by Crippen LogP contribution is 2.24. The Morgan fingerprint density at radius 2 is 1.85 bits per heavy atom. The number of ether oxygens (including phenoxy) is 1. The number of H-pyrrole nitrogens is 1. The molecule has 3 heterocycles. The Morgan fingerprint density at radius 1 is 1.15 bits per heavy atom. The first-order chi connectivity index (χ1) is 19.9. The van der Waals surface area contributed by atoms with E-state index in [1.54, 1.807) is 24.8 Å². The number of methoxy groups -OCH3 is 1. The highest BCUT2D eigenvalue weighted by molar-refractivity contribution is 5.81. The van der Waals surface area contributed by atoms with Crippen LogP contribution in [0.25, 0.3) is 22.2 Å². The molecule has 2 N–H and O–H groups in total. The average Bonchev–Trinajstić information content (AvgIpc) is 3.64. The first-order valence-corrected chi connectivity index (χ1v) is 14.4. The molecule has 0 bridgehead atoms.